The highest BCUT2D eigenvalue weighted by Gasteiger charge is 2.32. The van der Waals surface area contributed by atoms with Crippen LogP contribution in [0, 0.1) is 11.7 Å². The minimum Gasteiger partial charge on any atom is -0.434 e. The topological polar surface area (TPSA) is 89.4 Å². The molecular formula is C29H28ClF4N5O3. The Morgan fingerprint density at radius 3 is 2.67 bits per heavy atom. The van der Waals surface area contributed by atoms with E-state index in [4.69, 9.17) is 11.6 Å². The second kappa shape index (κ2) is 12.1. The van der Waals surface area contributed by atoms with Crippen LogP contribution in [0.15, 0.2) is 42.7 Å². The molecule has 2 amide bonds. The summed E-state index contributed by atoms with van der Waals surface area (Å²) in [6.07, 6.45) is 4.34. The van der Waals surface area contributed by atoms with E-state index in [0.29, 0.717) is 41.9 Å². The molecular weight excluding hydrogens is 578 g/mol. The first-order valence-corrected chi connectivity index (χ1v) is 13.9. The van der Waals surface area contributed by atoms with Crippen LogP contribution in [0.1, 0.15) is 63.1 Å². The molecule has 0 saturated carbocycles. The zero-order valence-electron chi connectivity index (χ0n) is 22.8. The number of fused-ring (bicyclic) bond motifs is 4. The first-order chi connectivity index (χ1) is 20.0. The number of halogens is 5. The number of carbonyl (C=O) groups is 2. The molecule has 2 aliphatic heterocycles. The maximum absolute atomic E-state index is 15.0. The molecule has 0 saturated heterocycles. The number of amides is 2. The van der Waals surface area contributed by atoms with Crippen molar-refractivity contribution >= 4 is 34.7 Å². The van der Waals surface area contributed by atoms with Gasteiger partial charge in [0.05, 0.1) is 39.9 Å². The summed E-state index contributed by atoms with van der Waals surface area (Å²) >= 11 is 5.93. The van der Waals surface area contributed by atoms with E-state index < -0.39 is 36.4 Å². The van der Waals surface area contributed by atoms with Crippen molar-refractivity contribution in [3.63, 3.8) is 0 Å². The summed E-state index contributed by atoms with van der Waals surface area (Å²) in [5.41, 5.74) is 1.71. The van der Waals surface area contributed by atoms with Crippen molar-refractivity contribution in [3.8, 4) is 17.0 Å². The number of aromatic nitrogens is 3. The van der Waals surface area contributed by atoms with Gasteiger partial charge in [-0.2, -0.15) is 13.9 Å². The fraction of sp³-hybridized carbons (Fsp3) is 0.379. The third-order valence-corrected chi connectivity index (χ3v) is 7.81. The average molecular weight is 606 g/mol. The van der Waals surface area contributed by atoms with Gasteiger partial charge in [-0.25, -0.2) is 13.5 Å². The van der Waals surface area contributed by atoms with Crippen LogP contribution in [0.4, 0.5) is 23.2 Å². The Kier molecular flexibility index (Phi) is 8.53. The minimum absolute atomic E-state index is 0.127. The lowest BCUT2D eigenvalue weighted by molar-refractivity contribution is -0.129. The van der Waals surface area contributed by atoms with Gasteiger partial charge < -0.3 is 15.0 Å². The molecule has 2 aliphatic rings. The van der Waals surface area contributed by atoms with Gasteiger partial charge in [0.15, 0.2) is 12.1 Å². The van der Waals surface area contributed by atoms with E-state index in [1.807, 2.05) is 0 Å². The molecule has 8 nitrogen and oxygen atoms in total. The number of benzene rings is 1. The van der Waals surface area contributed by atoms with Crippen LogP contribution in [-0.2, 0) is 9.59 Å². The zero-order valence-corrected chi connectivity index (χ0v) is 23.5. The first kappa shape index (κ1) is 29.6. The predicted octanol–water partition coefficient (Wildman–Crippen LogP) is 6.94. The summed E-state index contributed by atoms with van der Waals surface area (Å²) in [5.74, 6) is -2.46. The fourth-order valence-electron chi connectivity index (χ4n) is 5.45. The third-order valence-electron chi connectivity index (χ3n) is 7.52. The maximum Gasteiger partial charge on any atom is 0.387 e. The molecule has 0 fully saturated rings. The summed E-state index contributed by atoms with van der Waals surface area (Å²) in [4.78, 5) is 32.6. The monoisotopic (exact) mass is 605 g/mol. The molecule has 0 aliphatic carbocycles. The number of hydrogen-bond acceptors (Lipinski definition) is 5. The van der Waals surface area contributed by atoms with Crippen molar-refractivity contribution in [1.29, 1.82) is 0 Å². The molecule has 2 aromatic heterocycles. The molecule has 222 valence electrons. The molecule has 0 spiro atoms. The van der Waals surface area contributed by atoms with Gasteiger partial charge in [-0.05, 0) is 56.0 Å². The SMILES string of the molecule is CC(F)n1ncc2c1-c1ccnc(c1)[C@@H](N1CCC(c3c(OC(F)F)ccc(Cl)c3F)=CC1=O)CCC[C@@H](C)C(=O)N2. The van der Waals surface area contributed by atoms with Crippen molar-refractivity contribution in [3.05, 3.63) is 64.8 Å². The molecule has 5 rings (SSSR count). The number of rotatable bonds is 5. The Bertz CT molecular complexity index is 1540. The lowest BCUT2D eigenvalue weighted by Crippen LogP contribution is -2.38. The van der Waals surface area contributed by atoms with E-state index in [0.717, 1.165) is 12.1 Å². The van der Waals surface area contributed by atoms with Crippen molar-refractivity contribution < 1.29 is 31.9 Å². The highest BCUT2D eigenvalue weighted by atomic mass is 35.5. The molecule has 4 heterocycles. The summed E-state index contributed by atoms with van der Waals surface area (Å²) in [7, 11) is 0. The van der Waals surface area contributed by atoms with E-state index in [1.165, 1.54) is 23.9 Å². The second-order valence-electron chi connectivity index (χ2n) is 10.3. The molecule has 2 bridgehead atoms. The van der Waals surface area contributed by atoms with Crippen LogP contribution in [0.25, 0.3) is 16.8 Å². The smallest absolute Gasteiger partial charge is 0.387 e. The Morgan fingerprint density at radius 1 is 1.17 bits per heavy atom. The van der Waals surface area contributed by atoms with Crippen LogP contribution in [0.5, 0.6) is 5.75 Å². The van der Waals surface area contributed by atoms with Crippen molar-refractivity contribution in [2.24, 2.45) is 5.92 Å². The van der Waals surface area contributed by atoms with E-state index in [2.05, 4.69) is 20.1 Å². The Morgan fingerprint density at radius 2 is 1.95 bits per heavy atom. The average Bonchev–Trinajstić information content (AvgIpc) is 3.36. The lowest BCUT2D eigenvalue weighted by Gasteiger charge is -2.34. The molecule has 1 aromatic carbocycles. The highest BCUT2D eigenvalue weighted by molar-refractivity contribution is 6.31. The van der Waals surface area contributed by atoms with Crippen molar-refractivity contribution in [2.45, 2.75) is 58.5 Å². The van der Waals surface area contributed by atoms with Crippen LogP contribution in [0.3, 0.4) is 0 Å². The van der Waals surface area contributed by atoms with Crippen LogP contribution in [-0.4, -0.2) is 44.6 Å². The largest absolute Gasteiger partial charge is 0.434 e. The molecule has 3 atom stereocenters. The van der Waals surface area contributed by atoms with E-state index >= 15 is 4.39 Å². The van der Waals surface area contributed by atoms with Gasteiger partial charge in [-0.1, -0.05) is 24.9 Å². The van der Waals surface area contributed by atoms with Crippen LogP contribution in [0.2, 0.25) is 5.02 Å². The van der Waals surface area contributed by atoms with Crippen LogP contribution >= 0.6 is 11.6 Å². The van der Waals surface area contributed by atoms with Gasteiger partial charge in [-0.15, -0.1) is 0 Å². The summed E-state index contributed by atoms with van der Waals surface area (Å²) in [6, 6.07) is 5.12. The number of nitrogens with zero attached hydrogens (tertiary/aromatic N) is 4. The Hall–Kier alpha value is -3.93. The highest BCUT2D eigenvalue weighted by Crippen LogP contribution is 2.40. The number of pyridine rings is 1. The van der Waals surface area contributed by atoms with Gasteiger partial charge in [0.25, 0.3) is 0 Å². The van der Waals surface area contributed by atoms with Gasteiger partial charge >= 0.3 is 6.61 Å². The Balaban J connectivity index is 1.54. The molecule has 13 heteroatoms. The minimum atomic E-state index is -3.20. The molecule has 3 aromatic rings. The maximum atomic E-state index is 15.0. The fourth-order valence-corrected chi connectivity index (χ4v) is 5.60. The summed E-state index contributed by atoms with van der Waals surface area (Å²) in [5, 5.41) is 6.71. The van der Waals surface area contributed by atoms with Gasteiger partial charge in [-0.3, -0.25) is 14.6 Å². The van der Waals surface area contributed by atoms with E-state index in [9.17, 15) is 22.8 Å². The van der Waals surface area contributed by atoms with Gasteiger partial charge in [0, 0.05) is 30.3 Å². The molecule has 1 unspecified atom stereocenters. The van der Waals surface area contributed by atoms with Crippen molar-refractivity contribution in [2.75, 3.05) is 11.9 Å². The number of hydrogen-bond donors (Lipinski definition) is 1. The van der Waals surface area contributed by atoms with Crippen molar-refractivity contribution in [1.82, 2.24) is 19.7 Å². The van der Waals surface area contributed by atoms with E-state index in [1.54, 1.807) is 30.2 Å². The quantitative estimate of drug-likeness (QED) is 0.318. The third kappa shape index (κ3) is 5.85. The van der Waals surface area contributed by atoms with E-state index in [-0.39, 0.29) is 40.9 Å². The summed E-state index contributed by atoms with van der Waals surface area (Å²) in [6.45, 7) is 0.0456. The number of anilines is 1. The molecule has 0 radical (unpaired) electrons. The number of alkyl halides is 3. The number of nitrogens with one attached hydrogen (secondary N) is 1. The number of ether oxygens (including phenoxy) is 1. The molecule has 1 N–H and O–H groups in total. The Labute approximate surface area is 244 Å². The zero-order chi connectivity index (χ0) is 30.1. The second-order valence-corrected chi connectivity index (χ2v) is 10.7. The first-order valence-electron chi connectivity index (χ1n) is 13.5. The normalized spacial score (nSPS) is 20.3. The van der Waals surface area contributed by atoms with Gasteiger partial charge in [0.2, 0.25) is 11.8 Å². The van der Waals surface area contributed by atoms with Gasteiger partial charge in [0.1, 0.15) is 5.75 Å². The summed E-state index contributed by atoms with van der Waals surface area (Å²) < 4.78 is 61.3. The number of carbonyl (C=O) groups excluding carboxylic acids is 2. The standard InChI is InChI=1S/C29H28ClF4N5O3/c1-15-4-3-5-22(20-12-18(8-10-35-20)27-21(37-28(15)41)14-36-39(27)16(2)31)38-11-9-17(13-24(38)40)25-23(42-29(33)34)7-6-19(30)26(25)32/h6-8,10,12-16,22,29H,3-5,9,11H2,1-2H3,(H,37,41)/t15-,16?,22+/m1/s1. The van der Waals surface area contributed by atoms with Crippen LogP contribution < -0.4 is 10.1 Å². The molecule has 42 heavy (non-hydrogen) atoms. The lowest BCUT2D eigenvalue weighted by atomic mass is 9.93. The predicted molar refractivity (Wildman–Crippen MR) is 148 cm³/mol.